The van der Waals surface area contributed by atoms with Crippen LogP contribution in [0.25, 0.3) is 0 Å². The third-order valence-corrected chi connectivity index (χ3v) is 1.88. The molecule has 1 aliphatic heterocycles. The molecular formula is C8H16N2. The molecule has 1 aliphatic rings. The van der Waals surface area contributed by atoms with E-state index >= 15 is 0 Å². The van der Waals surface area contributed by atoms with Crippen LogP contribution in [-0.4, -0.2) is 18.9 Å². The van der Waals surface area contributed by atoms with Gasteiger partial charge in [-0.1, -0.05) is 26.2 Å². The minimum Gasteiger partial charge on any atom is -0.372 e. The molecule has 0 spiro atoms. The Kier molecular flexibility index (Phi) is 3.27. The molecule has 0 fully saturated rings. The third kappa shape index (κ3) is 2.38. The van der Waals surface area contributed by atoms with E-state index in [2.05, 4.69) is 17.2 Å². The molecule has 58 valence electrons. The van der Waals surface area contributed by atoms with Crippen molar-refractivity contribution in [2.75, 3.05) is 6.54 Å². The molecule has 1 heterocycles. The molecule has 0 aromatic heterocycles. The van der Waals surface area contributed by atoms with Gasteiger partial charge in [0.25, 0.3) is 0 Å². The molecule has 1 unspecified atom stereocenters. The smallest absolute Gasteiger partial charge is 0.0827 e. The van der Waals surface area contributed by atoms with Crippen LogP contribution in [0.1, 0.15) is 32.6 Å². The van der Waals surface area contributed by atoms with Crippen LogP contribution < -0.4 is 5.32 Å². The van der Waals surface area contributed by atoms with Crippen LogP contribution in [0.2, 0.25) is 0 Å². The van der Waals surface area contributed by atoms with E-state index in [9.17, 15) is 0 Å². The van der Waals surface area contributed by atoms with Crippen molar-refractivity contribution in [2.24, 2.45) is 4.99 Å². The number of nitrogens with zero attached hydrogens (tertiary/aromatic N) is 1. The Hall–Kier alpha value is -0.530. The lowest BCUT2D eigenvalue weighted by Crippen LogP contribution is -2.24. The van der Waals surface area contributed by atoms with Gasteiger partial charge in [0.2, 0.25) is 0 Å². The van der Waals surface area contributed by atoms with Gasteiger partial charge in [0, 0.05) is 6.04 Å². The molecule has 0 amide bonds. The molecule has 2 nitrogen and oxygen atoms in total. The van der Waals surface area contributed by atoms with Crippen LogP contribution in [0.5, 0.6) is 0 Å². The largest absolute Gasteiger partial charge is 0.372 e. The SMILES string of the molecule is CCCCCC1CN=CN1. The number of aliphatic imine (C=N–C) groups is 1. The van der Waals surface area contributed by atoms with E-state index in [1.807, 2.05) is 6.34 Å². The molecule has 0 bridgehead atoms. The Bertz CT molecular complexity index is 102. The number of nitrogens with one attached hydrogen (secondary N) is 1. The predicted octanol–water partition coefficient (Wildman–Crippen LogP) is 1.57. The van der Waals surface area contributed by atoms with Crippen molar-refractivity contribution < 1.29 is 0 Å². The number of unbranched alkanes of at least 4 members (excludes halogenated alkanes) is 2. The number of hydrogen-bond donors (Lipinski definition) is 1. The summed E-state index contributed by atoms with van der Waals surface area (Å²) in [7, 11) is 0. The molecule has 0 aromatic rings. The highest BCUT2D eigenvalue weighted by atomic mass is 15.0. The van der Waals surface area contributed by atoms with E-state index in [0.29, 0.717) is 6.04 Å². The maximum absolute atomic E-state index is 4.11. The van der Waals surface area contributed by atoms with E-state index in [1.54, 1.807) is 0 Å². The van der Waals surface area contributed by atoms with Crippen LogP contribution in [-0.2, 0) is 0 Å². The molecule has 10 heavy (non-hydrogen) atoms. The van der Waals surface area contributed by atoms with Gasteiger partial charge >= 0.3 is 0 Å². The van der Waals surface area contributed by atoms with Gasteiger partial charge in [-0.2, -0.15) is 0 Å². The van der Waals surface area contributed by atoms with Crippen LogP contribution in [0.15, 0.2) is 4.99 Å². The Balaban J connectivity index is 1.93. The van der Waals surface area contributed by atoms with Gasteiger partial charge in [-0.15, -0.1) is 0 Å². The van der Waals surface area contributed by atoms with E-state index in [4.69, 9.17) is 0 Å². The topological polar surface area (TPSA) is 24.4 Å². The summed E-state index contributed by atoms with van der Waals surface area (Å²) in [5.74, 6) is 0. The van der Waals surface area contributed by atoms with E-state index in [0.717, 1.165) is 6.54 Å². The Morgan fingerprint density at radius 1 is 1.60 bits per heavy atom. The lowest BCUT2D eigenvalue weighted by Gasteiger charge is -2.07. The van der Waals surface area contributed by atoms with Crippen molar-refractivity contribution in [1.29, 1.82) is 0 Å². The lowest BCUT2D eigenvalue weighted by atomic mass is 10.1. The summed E-state index contributed by atoms with van der Waals surface area (Å²) in [4.78, 5) is 4.11. The van der Waals surface area contributed by atoms with Crippen LogP contribution in [0.4, 0.5) is 0 Å². The zero-order valence-electron chi connectivity index (χ0n) is 6.64. The van der Waals surface area contributed by atoms with E-state index in [-0.39, 0.29) is 0 Å². The molecule has 2 heteroatoms. The molecule has 0 saturated carbocycles. The Morgan fingerprint density at radius 3 is 3.10 bits per heavy atom. The standard InChI is InChI=1S/C8H16N2/c1-2-3-4-5-8-6-9-7-10-8/h7-8H,2-6H2,1H3,(H,9,10). The second-order valence-corrected chi connectivity index (χ2v) is 2.85. The van der Waals surface area contributed by atoms with Gasteiger partial charge in [0.05, 0.1) is 12.9 Å². The molecule has 1 N–H and O–H groups in total. The van der Waals surface area contributed by atoms with Crippen molar-refractivity contribution in [2.45, 2.75) is 38.6 Å². The summed E-state index contributed by atoms with van der Waals surface area (Å²) in [6.07, 6.45) is 7.13. The monoisotopic (exact) mass is 140 g/mol. The van der Waals surface area contributed by atoms with Gasteiger partial charge in [0.1, 0.15) is 0 Å². The molecule has 1 atom stereocenters. The van der Waals surface area contributed by atoms with E-state index < -0.39 is 0 Å². The fourth-order valence-corrected chi connectivity index (χ4v) is 1.21. The maximum Gasteiger partial charge on any atom is 0.0827 e. The fourth-order valence-electron chi connectivity index (χ4n) is 1.21. The summed E-state index contributed by atoms with van der Waals surface area (Å²) in [6, 6.07) is 0.645. The van der Waals surface area contributed by atoms with Gasteiger partial charge in [-0.25, -0.2) is 0 Å². The summed E-state index contributed by atoms with van der Waals surface area (Å²) in [5.41, 5.74) is 0. The first kappa shape index (κ1) is 7.58. The first-order valence-electron chi connectivity index (χ1n) is 4.18. The third-order valence-electron chi connectivity index (χ3n) is 1.88. The molecule has 0 saturated heterocycles. The fraction of sp³-hybridized carbons (Fsp3) is 0.875. The van der Waals surface area contributed by atoms with Gasteiger partial charge < -0.3 is 5.32 Å². The molecule has 1 rings (SSSR count). The van der Waals surface area contributed by atoms with E-state index in [1.165, 1.54) is 25.7 Å². The van der Waals surface area contributed by atoms with Crippen molar-refractivity contribution in [3.8, 4) is 0 Å². The second-order valence-electron chi connectivity index (χ2n) is 2.85. The van der Waals surface area contributed by atoms with Crippen molar-refractivity contribution in [3.63, 3.8) is 0 Å². The van der Waals surface area contributed by atoms with Gasteiger partial charge in [0.15, 0.2) is 0 Å². The summed E-state index contributed by atoms with van der Waals surface area (Å²) < 4.78 is 0. The zero-order valence-corrected chi connectivity index (χ0v) is 6.64. The first-order valence-corrected chi connectivity index (χ1v) is 4.18. The lowest BCUT2D eigenvalue weighted by molar-refractivity contribution is 0.552. The van der Waals surface area contributed by atoms with Crippen molar-refractivity contribution in [1.82, 2.24) is 5.32 Å². The highest BCUT2D eigenvalue weighted by Crippen LogP contribution is 2.04. The number of hydrogen-bond acceptors (Lipinski definition) is 2. The highest BCUT2D eigenvalue weighted by Gasteiger charge is 2.07. The normalized spacial score (nSPS) is 23.1. The van der Waals surface area contributed by atoms with Crippen LogP contribution >= 0.6 is 0 Å². The van der Waals surface area contributed by atoms with Crippen LogP contribution in [0, 0.1) is 0 Å². The second kappa shape index (κ2) is 4.31. The first-order chi connectivity index (χ1) is 4.93. The maximum atomic E-state index is 4.11. The Morgan fingerprint density at radius 2 is 2.50 bits per heavy atom. The minimum atomic E-state index is 0.645. The summed E-state index contributed by atoms with van der Waals surface area (Å²) >= 11 is 0. The summed E-state index contributed by atoms with van der Waals surface area (Å²) in [5, 5.41) is 3.22. The highest BCUT2D eigenvalue weighted by molar-refractivity contribution is 5.57. The van der Waals surface area contributed by atoms with Gasteiger partial charge in [-0.05, 0) is 6.42 Å². The Labute approximate surface area is 62.7 Å². The minimum absolute atomic E-state index is 0.645. The molecule has 0 aliphatic carbocycles. The summed E-state index contributed by atoms with van der Waals surface area (Å²) in [6.45, 7) is 3.22. The number of rotatable bonds is 4. The van der Waals surface area contributed by atoms with Gasteiger partial charge in [-0.3, -0.25) is 4.99 Å². The average Bonchev–Trinajstić information content (AvgIpc) is 2.41. The molecule has 0 aromatic carbocycles. The van der Waals surface area contributed by atoms with Crippen LogP contribution in [0.3, 0.4) is 0 Å². The van der Waals surface area contributed by atoms with Crippen molar-refractivity contribution in [3.05, 3.63) is 0 Å². The zero-order chi connectivity index (χ0) is 7.23. The molecule has 0 radical (unpaired) electrons. The predicted molar refractivity (Wildman–Crippen MR) is 44.4 cm³/mol. The van der Waals surface area contributed by atoms with Crippen molar-refractivity contribution >= 4 is 6.34 Å². The quantitative estimate of drug-likeness (QED) is 0.589. The average molecular weight is 140 g/mol. The molecular weight excluding hydrogens is 124 g/mol.